The quantitative estimate of drug-likeness (QED) is 0.228. The molecular weight excluding hydrogens is 103 g/mol. The normalized spacial score (nSPS) is 4.00. The molecule has 0 atom stereocenters. The van der Waals surface area contributed by atoms with Crippen LogP contribution in [-0.4, -0.2) is 54.9 Å². The van der Waals surface area contributed by atoms with E-state index in [-0.39, 0.29) is 54.9 Å². The van der Waals surface area contributed by atoms with E-state index in [1.165, 1.54) is 0 Å². The molecule has 0 aliphatic heterocycles. The first-order chi connectivity index (χ1) is 2.41. The fourth-order valence-corrected chi connectivity index (χ4v) is 0.0227. The Labute approximate surface area is 69.1 Å². The van der Waals surface area contributed by atoms with E-state index in [1.807, 2.05) is 0 Å². The fraction of sp³-hybridized carbons (Fsp3) is 0. The Balaban J connectivity index is -0.0000000800. The second-order valence-corrected chi connectivity index (χ2v) is 0.329. The molecule has 0 heterocycles. The molecule has 0 radical (unpaired) electrons. The summed E-state index contributed by atoms with van der Waals surface area (Å²) in [5.74, 6) is 0. The summed E-state index contributed by atoms with van der Waals surface area (Å²) >= 11 is 0. The Kier molecular flexibility index (Phi) is 35.9. The summed E-state index contributed by atoms with van der Waals surface area (Å²) < 4.78 is 3.47. The van der Waals surface area contributed by atoms with Gasteiger partial charge in [-0.15, -0.1) is 0 Å². The van der Waals surface area contributed by atoms with Crippen molar-refractivity contribution in [2.75, 3.05) is 0 Å². The van der Waals surface area contributed by atoms with E-state index >= 15 is 0 Å². The van der Waals surface area contributed by atoms with Crippen molar-refractivity contribution in [3.05, 3.63) is 0 Å². The number of rotatable bonds is 2. The molecule has 0 aromatic rings. The van der Waals surface area contributed by atoms with Gasteiger partial charge < -0.3 is 4.74 Å². The maximum Gasteiger partial charge on any atom is 0.316 e. The van der Waals surface area contributed by atoms with E-state index in [9.17, 15) is 0 Å². The minimum absolute atomic E-state index is 0. The largest absolute Gasteiger partial charge is 0.316 e. The van der Waals surface area contributed by atoms with E-state index in [4.69, 9.17) is 9.59 Å². The van der Waals surface area contributed by atoms with Crippen LogP contribution in [0.15, 0.2) is 0 Å². The van der Waals surface area contributed by atoms with Gasteiger partial charge in [0.2, 0.25) is 0 Å². The zero-order valence-electron chi connectivity index (χ0n) is 2.38. The van der Waals surface area contributed by atoms with Crippen LogP contribution >= 0.6 is 0 Å². The van der Waals surface area contributed by atoms with Crippen LogP contribution in [0.5, 0.6) is 0 Å². The average Bonchev–Trinajstić information content (AvgIpc) is 1.41. The molecule has 0 N–H and O–H groups in total. The summed E-state index contributed by atoms with van der Waals surface area (Å²) in [7, 11) is 0. The number of hydrogen-bond donors (Lipinski definition) is 0. The first-order valence-corrected chi connectivity index (χ1v) is 0.943. The Morgan fingerprint density at radius 2 is 1.43 bits per heavy atom. The molecule has 0 saturated carbocycles. The molecule has 0 aromatic carbocycles. The number of carbonyl (C=O) groups is 2. The molecule has 0 aliphatic rings. The molecule has 0 unspecified atom stereocenters. The third-order valence-corrected chi connectivity index (χ3v) is 0.111. The van der Waals surface area contributed by atoms with Crippen LogP contribution in [0.25, 0.3) is 0 Å². The van der Waals surface area contributed by atoms with Crippen molar-refractivity contribution in [2.24, 2.45) is 0 Å². The standard InChI is InChI=1S/C2H2O3.Li.Mg.3H/c3-1-5-2-4;;;;;/h1-2H;;;;;. The molecule has 34 valence electrons. The average molecular weight is 108 g/mol. The van der Waals surface area contributed by atoms with Gasteiger partial charge in [0.05, 0.1) is 0 Å². The van der Waals surface area contributed by atoms with Crippen molar-refractivity contribution in [3.63, 3.8) is 0 Å². The molecule has 0 bridgehead atoms. The maximum absolute atomic E-state index is 8.95. The van der Waals surface area contributed by atoms with Crippen LogP contribution in [0.1, 0.15) is 0 Å². The molecule has 0 saturated heterocycles. The van der Waals surface area contributed by atoms with E-state index in [0.717, 1.165) is 0 Å². The molecule has 0 fully saturated rings. The van der Waals surface area contributed by atoms with Crippen LogP contribution in [-0.2, 0) is 14.3 Å². The smallest absolute Gasteiger partial charge is 0.316 e. The molecule has 0 amide bonds. The third-order valence-electron chi connectivity index (χ3n) is 0.111. The second-order valence-electron chi connectivity index (χ2n) is 0.329. The number of hydrogen-bond acceptors (Lipinski definition) is 3. The maximum atomic E-state index is 8.95. The van der Waals surface area contributed by atoms with E-state index in [1.54, 1.807) is 0 Å². The van der Waals surface area contributed by atoms with Crippen LogP contribution in [0.3, 0.4) is 0 Å². The van der Waals surface area contributed by atoms with Crippen molar-refractivity contribution in [1.29, 1.82) is 0 Å². The van der Waals surface area contributed by atoms with E-state index < -0.39 is 0 Å². The predicted octanol–water partition coefficient (Wildman–Crippen LogP) is -2.25. The molecular formula is C2H5LiMgO3. The molecule has 5 heteroatoms. The zero-order valence-corrected chi connectivity index (χ0v) is 2.38. The van der Waals surface area contributed by atoms with Gasteiger partial charge >= 0.3 is 54.9 Å². The minimum atomic E-state index is 0. The molecule has 0 rings (SSSR count). The van der Waals surface area contributed by atoms with Gasteiger partial charge in [0.25, 0.3) is 0 Å². The first kappa shape index (κ1) is 15.6. The van der Waals surface area contributed by atoms with Crippen LogP contribution in [0.2, 0.25) is 0 Å². The number of carbonyl (C=O) groups excluding carboxylic acids is 2. The van der Waals surface area contributed by atoms with Crippen LogP contribution < -0.4 is 0 Å². The van der Waals surface area contributed by atoms with Crippen molar-refractivity contribution in [3.8, 4) is 0 Å². The van der Waals surface area contributed by atoms with Crippen molar-refractivity contribution >= 4 is 54.9 Å². The summed E-state index contributed by atoms with van der Waals surface area (Å²) in [6, 6.07) is 0. The summed E-state index contributed by atoms with van der Waals surface area (Å²) in [5, 5.41) is 0. The molecule has 3 nitrogen and oxygen atoms in total. The Morgan fingerprint density at radius 1 is 1.14 bits per heavy atom. The Bertz CT molecular complexity index is 42.2. The van der Waals surface area contributed by atoms with Gasteiger partial charge in [0.15, 0.2) is 0 Å². The zero-order chi connectivity index (χ0) is 4.12. The van der Waals surface area contributed by atoms with E-state index in [2.05, 4.69) is 4.74 Å². The third kappa shape index (κ3) is 21.0. The van der Waals surface area contributed by atoms with Gasteiger partial charge in [-0.3, -0.25) is 9.59 Å². The fourth-order valence-electron chi connectivity index (χ4n) is 0.0227. The van der Waals surface area contributed by atoms with Gasteiger partial charge in [-0.1, -0.05) is 0 Å². The topological polar surface area (TPSA) is 43.4 Å². The number of ether oxygens (including phenoxy) is 1. The van der Waals surface area contributed by atoms with Gasteiger partial charge in [-0.05, 0) is 0 Å². The van der Waals surface area contributed by atoms with Crippen molar-refractivity contribution in [1.82, 2.24) is 0 Å². The van der Waals surface area contributed by atoms with Crippen LogP contribution in [0, 0.1) is 0 Å². The van der Waals surface area contributed by atoms with Gasteiger partial charge in [-0.25, -0.2) is 0 Å². The summed E-state index contributed by atoms with van der Waals surface area (Å²) in [5.41, 5.74) is 0. The summed E-state index contributed by atoms with van der Waals surface area (Å²) in [6.45, 7) is 0.125. The minimum Gasteiger partial charge on any atom is 0.316 e. The predicted molar refractivity (Wildman–Crippen MR) is 28.9 cm³/mol. The molecule has 0 spiro atoms. The monoisotopic (exact) mass is 108 g/mol. The Hall–Kier alpha value is 0.504. The van der Waals surface area contributed by atoms with E-state index in [0.29, 0.717) is 0 Å². The van der Waals surface area contributed by atoms with Gasteiger partial charge in [-0.2, -0.15) is 0 Å². The molecule has 0 aromatic heterocycles. The summed E-state index contributed by atoms with van der Waals surface area (Å²) in [4.78, 5) is 17.9. The SMILES string of the molecule is O=COC=O.[LiH].[MgH2]. The first-order valence-electron chi connectivity index (χ1n) is 0.943. The van der Waals surface area contributed by atoms with Crippen LogP contribution in [0.4, 0.5) is 0 Å². The second kappa shape index (κ2) is 16.0. The Morgan fingerprint density at radius 3 is 1.43 bits per heavy atom. The van der Waals surface area contributed by atoms with Crippen molar-refractivity contribution in [2.45, 2.75) is 0 Å². The molecule has 7 heavy (non-hydrogen) atoms. The molecule has 0 aliphatic carbocycles. The van der Waals surface area contributed by atoms with Gasteiger partial charge in [0.1, 0.15) is 0 Å². The van der Waals surface area contributed by atoms with Gasteiger partial charge in [0, 0.05) is 0 Å². The van der Waals surface area contributed by atoms with Crippen molar-refractivity contribution < 1.29 is 14.3 Å². The summed E-state index contributed by atoms with van der Waals surface area (Å²) in [6.07, 6.45) is 0.